The number of carbonyl (C=O) groups is 2. The SMILES string of the molecule is CCCC(C)(N)C(=O)NC1CCN(C(=O)CC)C1.Cl. The van der Waals surface area contributed by atoms with Gasteiger partial charge in [-0.05, 0) is 19.8 Å². The number of nitrogens with zero attached hydrogens (tertiary/aromatic N) is 1. The van der Waals surface area contributed by atoms with Crippen LogP contribution in [0.1, 0.15) is 46.5 Å². The molecule has 0 saturated carbocycles. The number of amides is 2. The molecule has 0 bridgehead atoms. The molecule has 1 aliphatic rings. The zero-order chi connectivity index (χ0) is 13.8. The number of likely N-dealkylation sites (tertiary alicyclic amines) is 1. The van der Waals surface area contributed by atoms with Crippen molar-refractivity contribution >= 4 is 24.2 Å². The number of carbonyl (C=O) groups excluding carboxylic acids is 2. The minimum atomic E-state index is -0.809. The van der Waals surface area contributed by atoms with Gasteiger partial charge in [-0.2, -0.15) is 0 Å². The first-order chi connectivity index (χ1) is 8.40. The molecule has 112 valence electrons. The van der Waals surface area contributed by atoms with Crippen molar-refractivity contribution in [2.45, 2.75) is 58.0 Å². The number of hydrogen-bond acceptors (Lipinski definition) is 3. The van der Waals surface area contributed by atoms with E-state index in [1.165, 1.54) is 0 Å². The Hall–Kier alpha value is -0.810. The summed E-state index contributed by atoms with van der Waals surface area (Å²) in [7, 11) is 0. The number of halogens is 1. The molecule has 1 saturated heterocycles. The van der Waals surface area contributed by atoms with E-state index in [0.29, 0.717) is 19.4 Å². The summed E-state index contributed by atoms with van der Waals surface area (Å²) in [6.07, 6.45) is 2.89. The molecule has 5 nitrogen and oxygen atoms in total. The van der Waals surface area contributed by atoms with Gasteiger partial charge in [0.15, 0.2) is 0 Å². The summed E-state index contributed by atoms with van der Waals surface area (Å²) in [5, 5.41) is 2.96. The number of hydrogen-bond donors (Lipinski definition) is 2. The molecule has 1 heterocycles. The lowest BCUT2D eigenvalue weighted by atomic mass is 9.96. The van der Waals surface area contributed by atoms with Crippen molar-refractivity contribution in [3.63, 3.8) is 0 Å². The zero-order valence-electron chi connectivity index (χ0n) is 12.1. The first kappa shape index (κ1) is 18.2. The highest BCUT2D eigenvalue weighted by Crippen LogP contribution is 2.13. The average molecular weight is 292 g/mol. The van der Waals surface area contributed by atoms with Crippen LogP contribution in [-0.2, 0) is 9.59 Å². The molecular formula is C13H26ClN3O2. The fraction of sp³-hybridized carbons (Fsp3) is 0.846. The molecule has 0 aliphatic carbocycles. The Morgan fingerprint density at radius 2 is 2.05 bits per heavy atom. The standard InChI is InChI=1S/C13H25N3O2.ClH/c1-4-7-13(3,14)12(18)15-10-6-8-16(9-10)11(17)5-2;/h10H,4-9,14H2,1-3H3,(H,15,18);1H. The van der Waals surface area contributed by atoms with Gasteiger partial charge in [-0.15, -0.1) is 12.4 Å². The second kappa shape index (κ2) is 7.70. The Balaban J connectivity index is 0.00000324. The minimum Gasteiger partial charge on any atom is -0.350 e. The second-order valence-corrected chi connectivity index (χ2v) is 5.32. The van der Waals surface area contributed by atoms with Gasteiger partial charge in [0.05, 0.1) is 5.54 Å². The van der Waals surface area contributed by atoms with Crippen molar-refractivity contribution in [3.05, 3.63) is 0 Å². The van der Waals surface area contributed by atoms with Crippen molar-refractivity contribution in [1.29, 1.82) is 0 Å². The maximum atomic E-state index is 12.0. The van der Waals surface area contributed by atoms with E-state index in [2.05, 4.69) is 5.32 Å². The molecule has 0 aromatic heterocycles. The molecule has 0 radical (unpaired) electrons. The quantitative estimate of drug-likeness (QED) is 0.795. The van der Waals surface area contributed by atoms with Gasteiger partial charge in [0.2, 0.25) is 11.8 Å². The first-order valence-corrected chi connectivity index (χ1v) is 6.78. The van der Waals surface area contributed by atoms with Gasteiger partial charge in [0, 0.05) is 25.6 Å². The minimum absolute atomic E-state index is 0. The molecule has 1 fully saturated rings. The van der Waals surface area contributed by atoms with Crippen LogP contribution in [0.5, 0.6) is 0 Å². The van der Waals surface area contributed by atoms with E-state index in [0.717, 1.165) is 19.4 Å². The van der Waals surface area contributed by atoms with Crippen LogP contribution in [0.2, 0.25) is 0 Å². The molecule has 19 heavy (non-hydrogen) atoms. The smallest absolute Gasteiger partial charge is 0.240 e. The van der Waals surface area contributed by atoms with E-state index in [1.807, 2.05) is 13.8 Å². The Morgan fingerprint density at radius 1 is 1.42 bits per heavy atom. The summed E-state index contributed by atoms with van der Waals surface area (Å²) < 4.78 is 0. The van der Waals surface area contributed by atoms with E-state index in [9.17, 15) is 9.59 Å². The van der Waals surface area contributed by atoms with Gasteiger partial charge in [-0.1, -0.05) is 20.3 Å². The topological polar surface area (TPSA) is 75.4 Å². The summed E-state index contributed by atoms with van der Waals surface area (Å²) in [6, 6.07) is 0.0488. The Morgan fingerprint density at radius 3 is 2.58 bits per heavy atom. The third-order valence-electron chi connectivity index (χ3n) is 3.47. The van der Waals surface area contributed by atoms with Gasteiger partial charge in [0.1, 0.15) is 0 Å². The average Bonchev–Trinajstić information content (AvgIpc) is 2.76. The van der Waals surface area contributed by atoms with Crippen LogP contribution < -0.4 is 11.1 Å². The fourth-order valence-corrected chi connectivity index (χ4v) is 2.31. The Labute approximate surface area is 121 Å². The molecule has 6 heteroatoms. The van der Waals surface area contributed by atoms with Crippen molar-refractivity contribution in [1.82, 2.24) is 10.2 Å². The van der Waals surface area contributed by atoms with Gasteiger partial charge < -0.3 is 16.0 Å². The molecule has 0 aromatic rings. The van der Waals surface area contributed by atoms with Crippen LogP contribution in [0.3, 0.4) is 0 Å². The maximum Gasteiger partial charge on any atom is 0.240 e. The Bertz CT molecular complexity index is 321. The largest absolute Gasteiger partial charge is 0.350 e. The normalized spacial score (nSPS) is 21.5. The third kappa shape index (κ3) is 4.99. The van der Waals surface area contributed by atoms with Crippen LogP contribution in [0.25, 0.3) is 0 Å². The summed E-state index contributed by atoms with van der Waals surface area (Å²) in [6.45, 7) is 6.96. The molecule has 2 unspecified atom stereocenters. The van der Waals surface area contributed by atoms with E-state index in [-0.39, 0.29) is 30.3 Å². The van der Waals surface area contributed by atoms with Crippen LogP contribution in [0, 0.1) is 0 Å². The number of rotatable bonds is 5. The number of nitrogens with two attached hydrogens (primary N) is 1. The van der Waals surface area contributed by atoms with Gasteiger partial charge in [-0.25, -0.2) is 0 Å². The highest BCUT2D eigenvalue weighted by Gasteiger charge is 2.32. The van der Waals surface area contributed by atoms with E-state index in [4.69, 9.17) is 5.73 Å². The molecule has 0 spiro atoms. The molecule has 1 rings (SSSR count). The predicted molar refractivity (Wildman–Crippen MR) is 78.2 cm³/mol. The summed E-state index contributed by atoms with van der Waals surface area (Å²) in [5.74, 6) is 0.0379. The lowest BCUT2D eigenvalue weighted by molar-refractivity contribution is -0.130. The first-order valence-electron chi connectivity index (χ1n) is 6.78. The van der Waals surface area contributed by atoms with E-state index in [1.54, 1.807) is 11.8 Å². The van der Waals surface area contributed by atoms with Crippen molar-refractivity contribution in [2.75, 3.05) is 13.1 Å². The van der Waals surface area contributed by atoms with Crippen molar-refractivity contribution < 1.29 is 9.59 Å². The summed E-state index contributed by atoms with van der Waals surface area (Å²) in [5.41, 5.74) is 5.17. The molecular weight excluding hydrogens is 266 g/mol. The highest BCUT2D eigenvalue weighted by molar-refractivity contribution is 5.86. The van der Waals surface area contributed by atoms with Crippen LogP contribution in [-0.4, -0.2) is 41.4 Å². The van der Waals surface area contributed by atoms with Gasteiger partial charge >= 0.3 is 0 Å². The molecule has 2 amide bonds. The van der Waals surface area contributed by atoms with Crippen LogP contribution >= 0.6 is 12.4 Å². The summed E-state index contributed by atoms with van der Waals surface area (Å²) >= 11 is 0. The third-order valence-corrected chi connectivity index (χ3v) is 3.47. The van der Waals surface area contributed by atoms with E-state index >= 15 is 0 Å². The maximum absolute atomic E-state index is 12.0. The van der Waals surface area contributed by atoms with Crippen molar-refractivity contribution in [3.8, 4) is 0 Å². The predicted octanol–water partition coefficient (Wildman–Crippen LogP) is 1.05. The van der Waals surface area contributed by atoms with Gasteiger partial charge in [-0.3, -0.25) is 9.59 Å². The molecule has 0 aromatic carbocycles. The number of nitrogens with one attached hydrogen (secondary N) is 1. The molecule has 3 N–H and O–H groups in total. The van der Waals surface area contributed by atoms with E-state index < -0.39 is 5.54 Å². The van der Waals surface area contributed by atoms with Crippen LogP contribution in [0.15, 0.2) is 0 Å². The molecule has 2 atom stereocenters. The lowest BCUT2D eigenvalue weighted by Crippen LogP contribution is -2.54. The Kier molecular flexibility index (Phi) is 7.37. The molecule has 1 aliphatic heterocycles. The highest BCUT2D eigenvalue weighted by atomic mass is 35.5. The zero-order valence-corrected chi connectivity index (χ0v) is 12.9. The lowest BCUT2D eigenvalue weighted by Gasteiger charge is -2.25. The monoisotopic (exact) mass is 291 g/mol. The fourth-order valence-electron chi connectivity index (χ4n) is 2.31. The van der Waals surface area contributed by atoms with Gasteiger partial charge in [0.25, 0.3) is 0 Å². The summed E-state index contributed by atoms with van der Waals surface area (Å²) in [4.78, 5) is 25.4. The second-order valence-electron chi connectivity index (χ2n) is 5.32. The van der Waals surface area contributed by atoms with Crippen molar-refractivity contribution in [2.24, 2.45) is 5.73 Å². The van der Waals surface area contributed by atoms with Crippen LogP contribution in [0.4, 0.5) is 0 Å².